The third kappa shape index (κ3) is 3.34. The number of benzene rings is 1. The second-order valence-corrected chi connectivity index (χ2v) is 5.37. The molecule has 0 spiro atoms. The fraction of sp³-hybridized carbons (Fsp3) is 0.222. The van der Waals surface area contributed by atoms with Crippen LogP contribution in [-0.4, -0.2) is 16.7 Å². The molecule has 0 fully saturated rings. The van der Waals surface area contributed by atoms with Crippen LogP contribution in [0.15, 0.2) is 66.0 Å². The van der Waals surface area contributed by atoms with E-state index >= 15 is 0 Å². The Kier molecular flexibility index (Phi) is 4.49. The molecule has 1 aromatic carbocycles. The minimum absolute atomic E-state index is 0.188. The number of hydrogen-bond acceptors (Lipinski definition) is 2. The number of amides is 1. The molecule has 1 N–H and O–H groups in total. The summed E-state index contributed by atoms with van der Waals surface area (Å²) in [6.45, 7) is 0. The van der Waals surface area contributed by atoms with Crippen LogP contribution in [0.5, 0.6) is 0 Å². The number of nitrogens with one attached hydrogen (secondary N) is 1. The molecule has 3 rings (SSSR count). The topological polar surface area (TPSA) is 46.4 Å². The fourth-order valence-corrected chi connectivity index (χ4v) is 2.60. The summed E-state index contributed by atoms with van der Waals surface area (Å²) in [5.74, 6) is 0.233. The monoisotopic (exact) mass is 293 g/mol. The lowest BCUT2D eigenvalue weighted by molar-refractivity contribution is 0.0955. The number of nitrogens with zero attached hydrogens (tertiary/aromatic N) is 2. The van der Waals surface area contributed by atoms with E-state index in [9.17, 15) is 4.79 Å². The van der Waals surface area contributed by atoms with Crippen molar-refractivity contribution in [3.8, 4) is 5.69 Å². The highest BCUT2D eigenvalue weighted by molar-refractivity contribution is 5.97. The zero-order valence-electron chi connectivity index (χ0n) is 12.4. The zero-order valence-corrected chi connectivity index (χ0v) is 12.4. The van der Waals surface area contributed by atoms with E-state index in [0.29, 0.717) is 11.5 Å². The Labute approximate surface area is 130 Å². The number of hydrogen-bond donors (Lipinski definition) is 1. The van der Waals surface area contributed by atoms with Crippen LogP contribution in [0, 0.1) is 5.92 Å². The van der Waals surface area contributed by atoms with Gasteiger partial charge in [0, 0.05) is 18.6 Å². The van der Waals surface area contributed by atoms with Gasteiger partial charge in [-0.2, -0.15) is 5.10 Å². The summed E-state index contributed by atoms with van der Waals surface area (Å²) in [4.78, 5) is 12.4. The van der Waals surface area contributed by atoms with E-state index in [-0.39, 0.29) is 5.91 Å². The van der Waals surface area contributed by atoms with E-state index in [1.807, 2.05) is 59.6 Å². The van der Waals surface area contributed by atoms with Crippen LogP contribution in [0.3, 0.4) is 0 Å². The molecule has 1 heterocycles. The van der Waals surface area contributed by atoms with E-state index in [1.165, 1.54) is 0 Å². The number of rotatable bonds is 4. The molecule has 0 bridgehead atoms. The van der Waals surface area contributed by atoms with Gasteiger partial charge in [0.25, 0.3) is 5.91 Å². The second kappa shape index (κ2) is 6.89. The SMILES string of the molecule is O=C(NN=CC1CC=CCC1)c1ccccc1-n1cccc1. The normalized spacial score (nSPS) is 17.7. The number of para-hydroxylation sites is 1. The molecule has 1 aliphatic carbocycles. The molecular weight excluding hydrogens is 274 g/mol. The maximum Gasteiger partial charge on any atom is 0.273 e. The largest absolute Gasteiger partial charge is 0.323 e. The minimum Gasteiger partial charge on any atom is -0.323 e. The molecule has 1 aliphatic rings. The molecule has 22 heavy (non-hydrogen) atoms. The Hall–Kier alpha value is -2.62. The van der Waals surface area contributed by atoms with E-state index in [0.717, 1.165) is 24.9 Å². The molecule has 1 atom stereocenters. The van der Waals surface area contributed by atoms with Gasteiger partial charge in [0.2, 0.25) is 0 Å². The molecule has 112 valence electrons. The summed E-state index contributed by atoms with van der Waals surface area (Å²) in [6.07, 6.45) is 13.2. The van der Waals surface area contributed by atoms with Crippen molar-refractivity contribution < 1.29 is 4.79 Å². The Morgan fingerprint density at radius 3 is 2.77 bits per heavy atom. The average molecular weight is 293 g/mol. The van der Waals surface area contributed by atoms with Crippen molar-refractivity contribution >= 4 is 12.1 Å². The van der Waals surface area contributed by atoms with E-state index < -0.39 is 0 Å². The van der Waals surface area contributed by atoms with Crippen LogP contribution in [0.2, 0.25) is 0 Å². The molecule has 2 aromatic rings. The van der Waals surface area contributed by atoms with Gasteiger partial charge in [-0.25, -0.2) is 5.43 Å². The molecule has 4 nitrogen and oxygen atoms in total. The summed E-state index contributed by atoms with van der Waals surface area (Å²) in [6, 6.07) is 11.4. The Balaban J connectivity index is 1.70. The van der Waals surface area contributed by atoms with Crippen molar-refractivity contribution in [2.24, 2.45) is 11.0 Å². The van der Waals surface area contributed by atoms with Gasteiger partial charge in [0.15, 0.2) is 0 Å². The van der Waals surface area contributed by atoms with Crippen LogP contribution < -0.4 is 5.43 Å². The second-order valence-electron chi connectivity index (χ2n) is 5.37. The predicted molar refractivity (Wildman–Crippen MR) is 88.2 cm³/mol. The summed E-state index contributed by atoms with van der Waals surface area (Å²) >= 11 is 0. The summed E-state index contributed by atoms with van der Waals surface area (Å²) < 4.78 is 1.92. The first-order chi connectivity index (χ1) is 10.8. The van der Waals surface area contributed by atoms with Crippen LogP contribution in [-0.2, 0) is 0 Å². The summed E-state index contributed by atoms with van der Waals surface area (Å²) in [7, 11) is 0. The standard InChI is InChI=1S/C18H19N3O/c22-18(20-19-14-15-8-2-1-3-9-15)16-10-4-5-11-17(16)21-12-6-7-13-21/h1-2,4-7,10-15H,3,8-9H2,(H,20,22). The first kappa shape index (κ1) is 14.3. The molecule has 1 amide bonds. The van der Waals surface area contributed by atoms with Gasteiger partial charge < -0.3 is 4.57 Å². The predicted octanol–water partition coefficient (Wildman–Crippen LogP) is 3.55. The van der Waals surface area contributed by atoms with E-state index in [2.05, 4.69) is 22.7 Å². The highest BCUT2D eigenvalue weighted by Crippen LogP contribution is 2.16. The zero-order chi connectivity index (χ0) is 15.2. The van der Waals surface area contributed by atoms with Crippen LogP contribution in [0.1, 0.15) is 29.6 Å². The number of allylic oxidation sites excluding steroid dienone is 2. The lowest BCUT2D eigenvalue weighted by atomic mass is 9.96. The Morgan fingerprint density at radius 1 is 1.18 bits per heavy atom. The Bertz CT molecular complexity index is 686. The number of carbonyl (C=O) groups excluding carboxylic acids is 1. The smallest absolute Gasteiger partial charge is 0.273 e. The quantitative estimate of drug-likeness (QED) is 0.523. The third-order valence-electron chi connectivity index (χ3n) is 3.79. The minimum atomic E-state index is -0.188. The van der Waals surface area contributed by atoms with Gasteiger partial charge in [0.05, 0.1) is 11.3 Å². The van der Waals surface area contributed by atoms with Gasteiger partial charge in [0.1, 0.15) is 0 Å². The molecule has 1 unspecified atom stereocenters. The fourth-order valence-electron chi connectivity index (χ4n) is 2.60. The first-order valence-electron chi connectivity index (χ1n) is 7.55. The first-order valence-corrected chi connectivity index (χ1v) is 7.55. The summed E-state index contributed by atoms with van der Waals surface area (Å²) in [5.41, 5.74) is 4.10. The third-order valence-corrected chi connectivity index (χ3v) is 3.79. The van der Waals surface area contributed by atoms with Gasteiger partial charge in [-0.15, -0.1) is 0 Å². The molecule has 0 radical (unpaired) electrons. The lowest BCUT2D eigenvalue weighted by Gasteiger charge is -2.12. The number of carbonyl (C=O) groups is 1. The highest BCUT2D eigenvalue weighted by atomic mass is 16.2. The molecule has 1 aromatic heterocycles. The lowest BCUT2D eigenvalue weighted by Crippen LogP contribution is -2.20. The molecule has 0 aliphatic heterocycles. The van der Waals surface area contributed by atoms with Crippen molar-refractivity contribution in [2.75, 3.05) is 0 Å². The van der Waals surface area contributed by atoms with Gasteiger partial charge >= 0.3 is 0 Å². The van der Waals surface area contributed by atoms with Gasteiger partial charge in [-0.3, -0.25) is 4.79 Å². The van der Waals surface area contributed by atoms with Crippen molar-refractivity contribution in [1.82, 2.24) is 9.99 Å². The van der Waals surface area contributed by atoms with E-state index in [1.54, 1.807) is 0 Å². The number of hydrazone groups is 1. The van der Waals surface area contributed by atoms with Crippen molar-refractivity contribution in [1.29, 1.82) is 0 Å². The van der Waals surface area contributed by atoms with Crippen molar-refractivity contribution in [3.63, 3.8) is 0 Å². The van der Waals surface area contributed by atoms with E-state index in [4.69, 9.17) is 0 Å². The molecule has 0 saturated heterocycles. The maximum atomic E-state index is 12.4. The van der Waals surface area contributed by atoms with Crippen LogP contribution >= 0.6 is 0 Å². The van der Waals surface area contributed by atoms with Crippen molar-refractivity contribution in [2.45, 2.75) is 19.3 Å². The maximum absolute atomic E-state index is 12.4. The van der Waals surface area contributed by atoms with Crippen LogP contribution in [0.25, 0.3) is 5.69 Å². The molecule has 0 saturated carbocycles. The Morgan fingerprint density at radius 2 is 2.00 bits per heavy atom. The number of aromatic nitrogens is 1. The van der Waals surface area contributed by atoms with Gasteiger partial charge in [-0.05, 0) is 49.4 Å². The average Bonchev–Trinajstić information content (AvgIpc) is 3.10. The molecular formula is C18H19N3O. The molecule has 4 heteroatoms. The summed E-state index contributed by atoms with van der Waals surface area (Å²) in [5, 5.41) is 4.13. The van der Waals surface area contributed by atoms with Crippen LogP contribution in [0.4, 0.5) is 0 Å². The van der Waals surface area contributed by atoms with Gasteiger partial charge in [-0.1, -0.05) is 24.3 Å². The highest BCUT2D eigenvalue weighted by Gasteiger charge is 2.11. The van der Waals surface area contributed by atoms with Crippen molar-refractivity contribution in [3.05, 3.63) is 66.5 Å².